The van der Waals surface area contributed by atoms with Crippen LogP contribution in [0.15, 0.2) is 41.1 Å². The summed E-state index contributed by atoms with van der Waals surface area (Å²) in [6, 6.07) is 10.2. The van der Waals surface area contributed by atoms with Crippen molar-refractivity contribution < 1.29 is 9.32 Å². The summed E-state index contributed by atoms with van der Waals surface area (Å²) in [5, 5.41) is 3.79. The van der Waals surface area contributed by atoms with Crippen LogP contribution in [-0.2, 0) is 12.8 Å². The summed E-state index contributed by atoms with van der Waals surface area (Å²) >= 11 is 0. The standard InChI is InChI=1S/C13H14N2O2/c14-13(16)11-9-17-15-12(11)8-4-7-10-5-2-1-3-6-10/h1-3,5-6,9H,4,7-8H2,(H2,14,16). The highest BCUT2D eigenvalue weighted by Crippen LogP contribution is 2.11. The van der Waals surface area contributed by atoms with Crippen molar-refractivity contribution >= 4 is 5.91 Å². The SMILES string of the molecule is NC(=O)c1conc1CCCc1ccccc1. The monoisotopic (exact) mass is 230 g/mol. The molecular weight excluding hydrogens is 216 g/mol. The summed E-state index contributed by atoms with van der Waals surface area (Å²) in [5.74, 6) is -0.485. The lowest BCUT2D eigenvalue weighted by molar-refractivity contribution is 0.0999. The number of nitrogens with zero attached hydrogens (tertiary/aromatic N) is 1. The lowest BCUT2D eigenvalue weighted by Gasteiger charge is -2.00. The molecule has 1 aromatic carbocycles. The molecule has 0 unspecified atom stereocenters. The van der Waals surface area contributed by atoms with Gasteiger partial charge >= 0.3 is 0 Å². The van der Waals surface area contributed by atoms with Gasteiger partial charge in [-0.1, -0.05) is 35.5 Å². The Hall–Kier alpha value is -2.10. The van der Waals surface area contributed by atoms with Gasteiger partial charge in [0.15, 0.2) is 0 Å². The lowest BCUT2D eigenvalue weighted by atomic mass is 10.1. The van der Waals surface area contributed by atoms with Gasteiger partial charge in [-0.25, -0.2) is 0 Å². The second kappa shape index (κ2) is 5.30. The predicted octanol–water partition coefficient (Wildman–Crippen LogP) is 1.95. The van der Waals surface area contributed by atoms with E-state index in [1.807, 2.05) is 18.2 Å². The molecule has 0 spiro atoms. The van der Waals surface area contributed by atoms with Crippen molar-refractivity contribution in [2.24, 2.45) is 5.73 Å². The molecule has 0 bridgehead atoms. The Labute approximate surface area is 99.4 Å². The van der Waals surface area contributed by atoms with Crippen LogP contribution in [0.4, 0.5) is 0 Å². The third-order valence-electron chi connectivity index (χ3n) is 2.63. The van der Waals surface area contributed by atoms with E-state index in [9.17, 15) is 4.79 Å². The van der Waals surface area contributed by atoms with Gasteiger partial charge in [0, 0.05) is 0 Å². The summed E-state index contributed by atoms with van der Waals surface area (Å²) in [7, 11) is 0. The van der Waals surface area contributed by atoms with E-state index in [4.69, 9.17) is 10.3 Å². The Morgan fingerprint density at radius 1 is 1.24 bits per heavy atom. The topological polar surface area (TPSA) is 69.1 Å². The first-order valence-corrected chi connectivity index (χ1v) is 5.54. The first-order chi connectivity index (χ1) is 8.27. The van der Waals surface area contributed by atoms with Gasteiger partial charge in [-0.15, -0.1) is 0 Å². The molecule has 1 aromatic heterocycles. The number of benzene rings is 1. The highest BCUT2D eigenvalue weighted by atomic mass is 16.5. The van der Waals surface area contributed by atoms with Gasteiger partial charge in [0.2, 0.25) is 0 Å². The summed E-state index contributed by atoms with van der Waals surface area (Å²) in [6.07, 6.45) is 3.87. The average Bonchev–Trinajstić information content (AvgIpc) is 2.79. The van der Waals surface area contributed by atoms with E-state index < -0.39 is 5.91 Å². The van der Waals surface area contributed by atoms with Crippen molar-refractivity contribution in [3.63, 3.8) is 0 Å². The third kappa shape index (κ3) is 2.93. The largest absolute Gasteiger partial charge is 0.365 e. The number of nitrogens with two attached hydrogens (primary N) is 1. The van der Waals surface area contributed by atoms with Crippen LogP contribution in [0.25, 0.3) is 0 Å². The van der Waals surface area contributed by atoms with E-state index in [1.165, 1.54) is 11.8 Å². The van der Waals surface area contributed by atoms with Crippen LogP contribution in [-0.4, -0.2) is 11.1 Å². The molecule has 2 N–H and O–H groups in total. The van der Waals surface area contributed by atoms with Gasteiger partial charge in [-0.2, -0.15) is 0 Å². The molecule has 88 valence electrons. The maximum Gasteiger partial charge on any atom is 0.253 e. The normalized spacial score (nSPS) is 10.4. The molecule has 0 aliphatic rings. The van der Waals surface area contributed by atoms with Gasteiger partial charge in [0.1, 0.15) is 11.8 Å². The second-order valence-corrected chi connectivity index (χ2v) is 3.88. The molecule has 0 saturated heterocycles. The van der Waals surface area contributed by atoms with E-state index >= 15 is 0 Å². The number of carbonyl (C=O) groups is 1. The van der Waals surface area contributed by atoms with Crippen LogP contribution in [0.1, 0.15) is 28.0 Å². The molecular formula is C13H14N2O2. The number of hydrogen-bond donors (Lipinski definition) is 1. The fourth-order valence-electron chi connectivity index (χ4n) is 1.75. The van der Waals surface area contributed by atoms with Gasteiger partial charge < -0.3 is 10.3 Å². The average molecular weight is 230 g/mol. The van der Waals surface area contributed by atoms with Crippen LogP contribution in [0.3, 0.4) is 0 Å². The Morgan fingerprint density at radius 3 is 2.71 bits per heavy atom. The maximum absolute atomic E-state index is 11.0. The minimum Gasteiger partial charge on any atom is -0.365 e. The van der Waals surface area contributed by atoms with Gasteiger partial charge in [-0.05, 0) is 24.8 Å². The first kappa shape index (κ1) is 11.4. The number of aromatic nitrogens is 1. The molecule has 2 aromatic rings. The van der Waals surface area contributed by atoms with Gasteiger partial charge in [0.25, 0.3) is 5.91 Å². The van der Waals surface area contributed by atoms with E-state index in [-0.39, 0.29) is 0 Å². The van der Waals surface area contributed by atoms with E-state index in [0.717, 1.165) is 12.8 Å². The Morgan fingerprint density at radius 2 is 2.00 bits per heavy atom. The molecule has 2 rings (SSSR count). The van der Waals surface area contributed by atoms with Crippen molar-refractivity contribution in [1.29, 1.82) is 0 Å². The molecule has 1 amide bonds. The van der Waals surface area contributed by atoms with Crippen molar-refractivity contribution in [3.8, 4) is 0 Å². The quantitative estimate of drug-likeness (QED) is 0.853. The van der Waals surface area contributed by atoms with Crippen molar-refractivity contribution in [2.45, 2.75) is 19.3 Å². The first-order valence-electron chi connectivity index (χ1n) is 5.54. The molecule has 0 saturated carbocycles. The van der Waals surface area contributed by atoms with Crippen molar-refractivity contribution in [1.82, 2.24) is 5.16 Å². The molecule has 17 heavy (non-hydrogen) atoms. The van der Waals surface area contributed by atoms with Gasteiger partial charge in [0.05, 0.1) is 5.69 Å². The zero-order chi connectivity index (χ0) is 12.1. The van der Waals surface area contributed by atoms with Crippen LogP contribution in [0.2, 0.25) is 0 Å². The van der Waals surface area contributed by atoms with Crippen LogP contribution in [0.5, 0.6) is 0 Å². The summed E-state index contributed by atoms with van der Waals surface area (Å²) < 4.78 is 4.76. The number of rotatable bonds is 5. The smallest absolute Gasteiger partial charge is 0.253 e. The Kier molecular flexibility index (Phi) is 3.55. The van der Waals surface area contributed by atoms with Gasteiger partial charge in [-0.3, -0.25) is 4.79 Å². The van der Waals surface area contributed by atoms with E-state index in [0.29, 0.717) is 17.7 Å². The highest BCUT2D eigenvalue weighted by Gasteiger charge is 2.12. The number of amides is 1. The summed E-state index contributed by atoms with van der Waals surface area (Å²) in [6.45, 7) is 0. The van der Waals surface area contributed by atoms with Crippen LogP contribution < -0.4 is 5.73 Å². The molecule has 0 fully saturated rings. The maximum atomic E-state index is 11.0. The number of carbonyl (C=O) groups excluding carboxylic acids is 1. The van der Waals surface area contributed by atoms with Crippen LogP contribution in [0, 0.1) is 0 Å². The van der Waals surface area contributed by atoms with E-state index in [2.05, 4.69) is 17.3 Å². The summed E-state index contributed by atoms with van der Waals surface area (Å²) in [4.78, 5) is 11.0. The fraction of sp³-hybridized carbons (Fsp3) is 0.231. The molecule has 4 nitrogen and oxygen atoms in total. The second-order valence-electron chi connectivity index (χ2n) is 3.88. The number of primary amides is 1. The zero-order valence-electron chi connectivity index (χ0n) is 9.43. The summed E-state index contributed by atoms with van der Waals surface area (Å²) in [5.41, 5.74) is 7.51. The Bertz CT molecular complexity index is 491. The molecule has 0 radical (unpaired) electrons. The Balaban J connectivity index is 1.90. The minimum absolute atomic E-state index is 0.387. The predicted molar refractivity (Wildman–Crippen MR) is 63.5 cm³/mol. The van der Waals surface area contributed by atoms with Crippen molar-refractivity contribution in [3.05, 3.63) is 53.4 Å². The zero-order valence-corrected chi connectivity index (χ0v) is 9.43. The van der Waals surface area contributed by atoms with Crippen molar-refractivity contribution in [2.75, 3.05) is 0 Å². The lowest BCUT2D eigenvalue weighted by Crippen LogP contribution is -2.12. The molecule has 0 atom stereocenters. The third-order valence-corrected chi connectivity index (χ3v) is 2.63. The molecule has 0 aliphatic heterocycles. The molecule has 4 heteroatoms. The fourth-order valence-corrected chi connectivity index (χ4v) is 1.75. The van der Waals surface area contributed by atoms with E-state index in [1.54, 1.807) is 0 Å². The highest BCUT2D eigenvalue weighted by molar-refractivity contribution is 5.93. The number of hydrogen-bond acceptors (Lipinski definition) is 3. The van der Waals surface area contributed by atoms with Crippen LogP contribution >= 0.6 is 0 Å². The number of aryl methyl sites for hydroxylation is 2. The molecule has 1 heterocycles. The minimum atomic E-state index is -0.485. The molecule has 0 aliphatic carbocycles.